The summed E-state index contributed by atoms with van der Waals surface area (Å²) in [5, 5.41) is 2.77. The van der Waals surface area contributed by atoms with E-state index >= 15 is 0 Å². The lowest BCUT2D eigenvalue weighted by Crippen LogP contribution is -2.40. The molecule has 0 radical (unpaired) electrons. The van der Waals surface area contributed by atoms with Gasteiger partial charge >= 0.3 is 0 Å². The third kappa shape index (κ3) is 4.95. The number of nitrogens with zero attached hydrogens (tertiary/aromatic N) is 2. The Hall–Kier alpha value is -2.75. The van der Waals surface area contributed by atoms with Crippen LogP contribution in [-0.2, 0) is 30.8 Å². The zero-order chi connectivity index (χ0) is 21.8. The van der Waals surface area contributed by atoms with Crippen molar-refractivity contribution < 1.29 is 22.7 Å². The lowest BCUT2D eigenvalue weighted by atomic mass is 10.1. The molecule has 31 heavy (non-hydrogen) atoms. The second-order valence-electron chi connectivity index (χ2n) is 7.58. The summed E-state index contributed by atoms with van der Waals surface area (Å²) >= 11 is 0. The van der Waals surface area contributed by atoms with Crippen molar-refractivity contribution in [1.29, 1.82) is 0 Å². The summed E-state index contributed by atoms with van der Waals surface area (Å²) in [7, 11) is -3.63. The number of amides is 2. The molecule has 2 aliphatic heterocycles. The molecule has 0 atom stereocenters. The molecule has 8 nitrogen and oxygen atoms in total. The molecule has 4 rings (SSSR count). The van der Waals surface area contributed by atoms with E-state index in [-0.39, 0.29) is 23.1 Å². The van der Waals surface area contributed by atoms with Crippen LogP contribution < -0.4 is 10.2 Å². The van der Waals surface area contributed by atoms with Crippen molar-refractivity contribution in [1.82, 2.24) is 4.31 Å². The van der Waals surface area contributed by atoms with E-state index in [1.54, 1.807) is 17.0 Å². The molecule has 2 aromatic carbocycles. The van der Waals surface area contributed by atoms with E-state index in [4.69, 9.17) is 4.74 Å². The van der Waals surface area contributed by atoms with Crippen LogP contribution >= 0.6 is 0 Å². The molecule has 164 valence electrons. The molecule has 9 heteroatoms. The Morgan fingerprint density at radius 3 is 2.45 bits per heavy atom. The fourth-order valence-corrected chi connectivity index (χ4v) is 5.23. The first-order chi connectivity index (χ1) is 14.9. The Balaban J connectivity index is 1.40. The number of ether oxygens (including phenoxy) is 1. The largest absolute Gasteiger partial charge is 0.379 e. The van der Waals surface area contributed by atoms with Gasteiger partial charge in [-0.2, -0.15) is 4.31 Å². The number of morpholine rings is 1. The summed E-state index contributed by atoms with van der Waals surface area (Å²) < 4.78 is 32.2. The SMILES string of the molecule is O=C(Cc1ccc(N2CCCC2=O)cc1)Nc1cccc(S(=O)(=O)N2CCOCC2)c1. The average Bonchev–Trinajstić information content (AvgIpc) is 3.21. The van der Waals surface area contributed by atoms with Crippen molar-refractivity contribution >= 4 is 33.2 Å². The first-order valence-electron chi connectivity index (χ1n) is 10.3. The molecule has 0 spiro atoms. The molecule has 2 heterocycles. The number of carbonyl (C=O) groups is 2. The Morgan fingerprint density at radius 2 is 1.77 bits per heavy atom. The van der Waals surface area contributed by atoms with E-state index in [1.165, 1.54) is 16.4 Å². The van der Waals surface area contributed by atoms with Crippen LogP contribution in [-0.4, -0.2) is 57.4 Å². The number of nitrogens with one attached hydrogen (secondary N) is 1. The maximum atomic E-state index is 12.8. The summed E-state index contributed by atoms with van der Waals surface area (Å²) in [5.41, 5.74) is 2.08. The van der Waals surface area contributed by atoms with Gasteiger partial charge in [0.25, 0.3) is 0 Å². The zero-order valence-electron chi connectivity index (χ0n) is 17.1. The van der Waals surface area contributed by atoms with Crippen LogP contribution in [0.5, 0.6) is 0 Å². The van der Waals surface area contributed by atoms with Gasteiger partial charge in [0.15, 0.2) is 0 Å². The van der Waals surface area contributed by atoms with Crippen LogP contribution in [0.3, 0.4) is 0 Å². The normalized spacial score (nSPS) is 17.7. The minimum atomic E-state index is -3.63. The van der Waals surface area contributed by atoms with Gasteiger partial charge in [-0.1, -0.05) is 18.2 Å². The summed E-state index contributed by atoms with van der Waals surface area (Å²) in [6.45, 7) is 2.11. The molecule has 0 aliphatic carbocycles. The highest BCUT2D eigenvalue weighted by atomic mass is 32.2. The molecular weight excluding hydrogens is 418 g/mol. The predicted molar refractivity (Wildman–Crippen MR) is 116 cm³/mol. The van der Waals surface area contributed by atoms with E-state index in [0.717, 1.165) is 24.2 Å². The number of sulfonamides is 1. The maximum Gasteiger partial charge on any atom is 0.243 e. The molecular formula is C22H25N3O5S. The molecule has 0 aromatic heterocycles. The van der Waals surface area contributed by atoms with Crippen molar-refractivity contribution in [2.75, 3.05) is 43.1 Å². The summed E-state index contributed by atoms with van der Waals surface area (Å²) in [4.78, 5) is 26.2. The lowest BCUT2D eigenvalue weighted by Gasteiger charge is -2.26. The number of hydrogen-bond donors (Lipinski definition) is 1. The first-order valence-corrected chi connectivity index (χ1v) is 11.7. The smallest absolute Gasteiger partial charge is 0.243 e. The third-order valence-electron chi connectivity index (χ3n) is 5.41. The van der Waals surface area contributed by atoms with Gasteiger partial charge in [0.1, 0.15) is 0 Å². The van der Waals surface area contributed by atoms with Crippen molar-refractivity contribution in [2.24, 2.45) is 0 Å². The Bertz CT molecular complexity index is 1060. The van der Waals surface area contributed by atoms with Crippen molar-refractivity contribution in [3.8, 4) is 0 Å². The quantitative estimate of drug-likeness (QED) is 0.737. The second-order valence-corrected chi connectivity index (χ2v) is 9.52. The van der Waals surface area contributed by atoms with Gasteiger partial charge in [0.05, 0.1) is 24.5 Å². The van der Waals surface area contributed by atoms with Gasteiger partial charge in [0.2, 0.25) is 21.8 Å². The molecule has 2 fully saturated rings. The number of benzene rings is 2. The van der Waals surface area contributed by atoms with E-state index in [9.17, 15) is 18.0 Å². The van der Waals surface area contributed by atoms with Crippen LogP contribution in [0.15, 0.2) is 53.4 Å². The molecule has 2 amide bonds. The highest BCUT2D eigenvalue weighted by Gasteiger charge is 2.26. The van der Waals surface area contributed by atoms with E-state index < -0.39 is 10.0 Å². The van der Waals surface area contributed by atoms with Gasteiger partial charge in [-0.05, 0) is 42.3 Å². The number of rotatable bonds is 6. The summed E-state index contributed by atoms with van der Waals surface area (Å²) in [6.07, 6.45) is 1.59. The van der Waals surface area contributed by atoms with Gasteiger partial charge in [0, 0.05) is 37.4 Å². The monoisotopic (exact) mass is 443 g/mol. The predicted octanol–water partition coefficient (Wildman–Crippen LogP) is 2.02. The van der Waals surface area contributed by atoms with Gasteiger partial charge in [-0.15, -0.1) is 0 Å². The van der Waals surface area contributed by atoms with Crippen molar-refractivity contribution in [3.63, 3.8) is 0 Å². The Morgan fingerprint density at radius 1 is 1.03 bits per heavy atom. The minimum Gasteiger partial charge on any atom is -0.379 e. The molecule has 0 saturated carbocycles. The van der Waals surface area contributed by atoms with E-state index in [0.29, 0.717) is 38.4 Å². The van der Waals surface area contributed by atoms with Gasteiger partial charge < -0.3 is 15.0 Å². The van der Waals surface area contributed by atoms with Crippen LogP contribution in [0, 0.1) is 0 Å². The highest BCUT2D eigenvalue weighted by Crippen LogP contribution is 2.23. The molecule has 2 aliphatic rings. The highest BCUT2D eigenvalue weighted by molar-refractivity contribution is 7.89. The first kappa shape index (κ1) is 21.5. The summed E-state index contributed by atoms with van der Waals surface area (Å²) in [6, 6.07) is 13.6. The number of hydrogen-bond acceptors (Lipinski definition) is 5. The third-order valence-corrected chi connectivity index (χ3v) is 7.31. The molecule has 2 saturated heterocycles. The van der Waals surface area contributed by atoms with Crippen molar-refractivity contribution in [3.05, 3.63) is 54.1 Å². The van der Waals surface area contributed by atoms with Crippen molar-refractivity contribution in [2.45, 2.75) is 24.2 Å². The zero-order valence-corrected chi connectivity index (χ0v) is 17.9. The standard InChI is InChI=1S/C22H25N3O5S/c26-21(15-17-6-8-19(9-7-17)25-10-2-5-22(25)27)23-18-3-1-4-20(16-18)31(28,29)24-11-13-30-14-12-24/h1,3-4,6-9,16H,2,5,10-15H2,(H,23,26). The van der Waals surface area contributed by atoms with Crippen LogP contribution in [0.25, 0.3) is 0 Å². The number of anilines is 2. The van der Waals surface area contributed by atoms with Gasteiger partial charge in [-0.25, -0.2) is 8.42 Å². The molecule has 0 bridgehead atoms. The second kappa shape index (κ2) is 9.17. The maximum absolute atomic E-state index is 12.8. The van der Waals surface area contributed by atoms with Crippen LogP contribution in [0.2, 0.25) is 0 Å². The molecule has 0 unspecified atom stereocenters. The van der Waals surface area contributed by atoms with Crippen LogP contribution in [0.1, 0.15) is 18.4 Å². The fraction of sp³-hybridized carbons (Fsp3) is 0.364. The molecule has 2 aromatic rings. The van der Waals surface area contributed by atoms with E-state index in [1.807, 2.05) is 24.3 Å². The summed E-state index contributed by atoms with van der Waals surface area (Å²) in [5.74, 6) is -0.122. The van der Waals surface area contributed by atoms with E-state index in [2.05, 4.69) is 5.32 Å². The molecule has 1 N–H and O–H groups in total. The fourth-order valence-electron chi connectivity index (χ4n) is 3.78. The van der Waals surface area contributed by atoms with Gasteiger partial charge in [-0.3, -0.25) is 9.59 Å². The van der Waals surface area contributed by atoms with Crippen LogP contribution in [0.4, 0.5) is 11.4 Å². The average molecular weight is 444 g/mol. The minimum absolute atomic E-state index is 0.123. The topological polar surface area (TPSA) is 96.0 Å². The lowest BCUT2D eigenvalue weighted by molar-refractivity contribution is -0.117. The number of carbonyl (C=O) groups excluding carboxylic acids is 2. The Kier molecular flexibility index (Phi) is 6.35. The Labute approximate surface area is 181 Å².